The second-order valence-electron chi connectivity index (χ2n) is 3.14. The molecule has 0 unspecified atom stereocenters. The van der Waals surface area contributed by atoms with Crippen LogP contribution in [0.5, 0.6) is 0 Å². The molecule has 0 fully saturated rings. The molecule has 0 radical (unpaired) electrons. The summed E-state index contributed by atoms with van der Waals surface area (Å²) < 4.78 is 0. The standard InChI is InChI=1S/C9H13N3/c1-6-4-8(12-9(6)10)7-2-3-11-5-7/h2,4,11-12H,3,5,10H2,1H3. The van der Waals surface area contributed by atoms with Crippen LogP contribution in [0.1, 0.15) is 11.3 Å². The highest BCUT2D eigenvalue weighted by Crippen LogP contribution is 2.19. The van der Waals surface area contributed by atoms with E-state index >= 15 is 0 Å². The van der Waals surface area contributed by atoms with E-state index in [-0.39, 0.29) is 0 Å². The number of hydrogen-bond donors (Lipinski definition) is 3. The van der Waals surface area contributed by atoms with Crippen molar-refractivity contribution in [1.82, 2.24) is 10.3 Å². The molecule has 0 spiro atoms. The minimum Gasteiger partial charge on any atom is -0.385 e. The van der Waals surface area contributed by atoms with E-state index in [0.717, 1.165) is 30.2 Å². The van der Waals surface area contributed by atoms with Crippen LogP contribution >= 0.6 is 0 Å². The van der Waals surface area contributed by atoms with Crippen LogP contribution in [0.4, 0.5) is 5.82 Å². The third-order valence-electron chi connectivity index (χ3n) is 2.21. The van der Waals surface area contributed by atoms with Gasteiger partial charge in [0.15, 0.2) is 0 Å². The van der Waals surface area contributed by atoms with Crippen LogP contribution in [0, 0.1) is 6.92 Å². The number of hydrogen-bond acceptors (Lipinski definition) is 2. The number of anilines is 1. The van der Waals surface area contributed by atoms with Gasteiger partial charge in [-0.2, -0.15) is 0 Å². The molecule has 64 valence electrons. The molecule has 0 aliphatic carbocycles. The minimum absolute atomic E-state index is 0.776. The topological polar surface area (TPSA) is 53.8 Å². The first-order valence-corrected chi connectivity index (χ1v) is 4.12. The molecule has 0 saturated heterocycles. The fourth-order valence-electron chi connectivity index (χ4n) is 1.43. The molecule has 3 heteroatoms. The summed E-state index contributed by atoms with van der Waals surface area (Å²) in [6.45, 7) is 3.92. The zero-order chi connectivity index (χ0) is 8.55. The zero-order valence-corrected chi connectivity index (χ0v) is 7.15. The van der Waals surface area contributed by atoms with Crippen LogP contribution in [-0.2, 0) is 0 Å². The van der Waals surface area contributed by atoms with E-state index in [2.05, 4.69) is 22.4 Å². The van der Waals surface area contributed by atoms with Gasteiger partial charge in [-0.05, 0) is 24.1 Å². The first-order chi connectivity index (χ1) is 5.77. The van der Waals surface area contributed by atoms with Gasteiger partial charge in [-0.25, -0.2) is 0 Å². The molecular formula is C9H13N3. The lowest BCUT2D eigenvalue weighted by Crippen LogP contribution is -2.07. The second kappa shape index (κ2) is 2.68. The van der Waals surface area contributed by atoms with E-state index in [1.165, 1.54) is 5.57 Å². The van der Waals surface area contributed by atoms with E-state index in [0.29, 0.717) is 0 Å². The van der Waals surface area contributed by atoms with Crippen LogP contribution in [0.2, 0.25) is 0 Å². The molecule has 12 heavy (non-hydrogen) atoms. The molecule has 1 aromatic heterocycles. The number of aryl methyl sites for hydroxylation is 1. The summed E-state index contributed by atoms with van der Waals surface area (Å²) in [6, 6.07) is 2.09. The van der Waals surface area contributed by atoms with Crippen LogP contribution in [0.25, 0.3) is 5.57 Å². The Labute approximate surface area is 71.7 Å². The smallest absolute Gasteiger partial charge is 0.104 e. The second-order valence-corrected chi connectivity index (χ2v) is 3.14. The van der Waals surface area contributed by atoms with Gasteiger partial charge in [0, 0.05) is 18.8 Å². The average Bonchev–Trinajstić information content (AvgIpc) is 2.61. The van der Waals surface area contributed by atoms with Crippen molar-refractivity contribution in [2.24, 2.45) is 0 Å². The van der Waals surface area contributed by atoms with Gasteiger partial charge < -0.3 is 16.0 Å². The first-order valence-electron chi connectivity index (χ1n) is 4.12. The van der Waals surface area contributed by atoms with Gasteiger partial charge in [0.05, 0.1) is 0 Å². The molecule has 2 heterocycles. The summed E-state index contributed by atoms with van der Waals surface area (Å²) in [5.41, 5.74) is 9.29. The Morgan fingerprint density at radius 2 is 2.33 bits per heavy atom. The van der Waals surface area contributed by atoms with E-state index < -0.39 is 0 Å². The Bertz CT molecular complexity index is 303. The Hall–Kier alpha value is -1.22. The highest BCUT2D eigenvalue weighted by molar-refractivity contribution is 5.69. The molecule has 0 bridgehead atoms. The third kappa shape index (κ3) is 1.12. The third-order valence-corrected chi connectivity index (χ3v) is 2.21. The lowest BCUT2D eigenvalue weighted by molar-refractivity contribution is 0.896. The molecule has 1 aliphatic heterocycles. The van der Waals surface area contributed by atoms with Crippen LogP contribution < -0.4 is 11.1 Å². The highest BCUT2D eigenvalue weighted by Gasteiger charge is 2.09. The summed E-state index contributed by atoms with van der Waals surface area (Å²) >= 11 is 0. The normalized spacial score (nSPS) is 16.6. The molecule has 3 nitrogen and oxygen atoms in total. The summed E-state index contributed by atoms with van der Waals surface area (Å²) in [5.74, 6) is 0.776. The van der Waals surface area contributed by atoms with Gasteiger partial charge in [-0.3, -0.25) is 0 Å². The lowest BCUT2D eigenvalue weighted by atomic mass is 10.2. The highest BCUT2D eigenvalue weighted by atomic mass is 14.9. The van der Waals surface area contributed by atoms with E-state index in [1.54, 1.807) is 0 Å². The first kappa shape index (κ1) is 7.43. The Kier molecular flexibility index (Phi) is 1.66. The molecule has 1 aliphatic rings. The maximum atomic E-state index is 5.71. The van der Waals surface area contributed by atoms with Crippen molar-refractivity contribution >= 4 is 11.4 Å². The van der Waals surface area contributed by atoms with Gasteiger partial charge in [0.25, 0.3) is 0 Å². The fourth-order valence-corrected chi connectivity index (χ4v) is 1.43. The molecule has 0 saturated carbocycles. The Morgan fingerprint density at radius 1 is 1.50 bits per heavy atom. The van der Waals surface area contributed by atoms with Gasteiger partial charge in [0.1, 0.15) is 5.82 Å². The Morgan fingerprint density at radius 3 is 2.83 bits per heavy atom. The maximum absolute atomic E-state index is 5.71. The van der Waals surface area contributed by atoms with Crippen LogP contribution in [0.15, 0.2) is 12.1 Å². The van der Waals surface area contributed by atoms with Crippen molar-refractivity contribution in [2.45, 2.75) is 6.92 Å². The molecule has 1 aromatic rings. The summed E-state index contributed by atoms with van der Waals surface area (Å²) in [6.07, 6.45) is 2.19. The van der Waals surface area contributed by atoms with Crippen molar-refractivity contribution in [1.29, 1.82) is 0 Å². The summed E-state index contributed by atoms with van der Waals surface area (Å²) in [5, 5.41) is 3.25. The molecule has 2 rings (SSSR count). The molecule has 0 aromatic carbocycles. The van der Waals surface area contributed by atoms with Crippen molar-refractivity contribution in [2.75, 3.05) is 18.8 Å². The zero-order valence-electron chi connectivity index (χ0n) is 7.15. The predicted octanol–water partition coefficient (Wildman–Crippen LogP) is 0.892. The van der Waals surface area contributed by atoms with Crippen molar-refractivity contribution in [3.05, 3.63) is 23.4 Å². The van der Waals surface area contributed by atoms with Gasteiger partial charge >= 0.3 is 0 Å². The van der Waals surface area contributed by atoms with Crippen LogP contribution in [0.3, 0.4) is 0 Å². The molecule has 0 amide bonds. The number of aromatic nitrogens is 1. The van der Waals surface area contributed by atoms with Crippen molar-refractivity contribution in [3.8, 4) is 0 Å². The number of H-pyrrole nitrogens is 1. The van der Waals surface area contributed by atoms with E-state index in [9.17, 15) is 0 Å². The average molecular weight is 163 g/mol. The number of aromatic amines is 1. The monoisotopic (exact) mass is 163 g/mol. The van der Waals surface area contributed by atoms with Crippen LogP contribution in [-0.4, -0.2) is 18.1 Å². The van der Waals surface area contributed by atoms with Gasteiger partial charge in [0.2, 0.25) is 0 Å². The molecule has 4 N–H and O–H groups in total. The quantitative estimate of drug-likeness (QED) is 0.576. The number of nitrogens with two attached hydrogens (primary N) is 1. The fraction of sp³-hybridized carbons (Fsp3) is 0.333. The van der Waals surface area contributed by atoms with E-state index in [1.807, 2.05) is 6.92 Å². The van der Waals surface area contributed by atoms with Crippen molar-refractivity contribution in [3.63, 3.8) is 0 Å². The van der Waals surface area contributed by atoms with Gasteiger partial charge in [-0.15, -0.1) is 0 Å². The molecular weight excluding hydrogens is 150 g/mol. The lowest BCUT2D eigenvalue weighted by Gasteiger charge is -1.95. The maximum Gasteiger partial charge on any atom is 0.104 e. The largest absolute Gasteiger partial charge is 0.385 e. The number of nitrogens with one attached hydrogen (secondary N) is 2. The predicted molar refractivity (Wildman–Crippen MR) is 50.8 cm³/mol. The van der Waals surface area contributed by atoms with Gasteiger partial charge in [-0.1, -0.05) is 6.08 Å². The summed E-state index contributed by atoms with van der Waals surface area (Å²) in [7, 11) is 0. The van der Waals surface area contributed by atoms with Crippen molar-refractivity contribution < 1.29 is 0 Å². The number of nitrogen functional groups attached to an aromatic ring is 1. The Balaban J connectivity index is 2.34. The molecule has 0 atom stereocenters. The number of rotatable bonds is 1. The SMILES string of the molecule is Cc1cc(C2=CCNC2)[nH]c1N. The minimum atomic E-state index is 0.776. The summed E-state index contributed by atoms with van der Waals surface area (Å²) in [4.78, 5) is 3.16. The van der Waals surface area contributed by atoms with E-state index in [4.69, 9.17) is 5.73 Å².